The van der Waals surface area contributed by atoms with Gasteiger partial charge in [0.1, 0.15) is 0 Å². The van der Waals surface area contributed by atoms with Gasteiger partial charge in [-0.3, -0.25) is 29.0 Å². The van der Waals surface area contributed by atoms with Crippen molar-refractivity contribution in [3.05, 3.63) is 95.1 Å². The molecule has 8 nitrogen and oxygen atoms in total. The number of imide groups is 2. The molecule has 4 amide bonds. The van der Waals surface area contributed by atoms with Crippen LogP contribution in [0.15, 0.2) is 72.8 Å². The van der Waals surface area contributed by atoms with Crippen LogP contribution in [0.5, 0.6) is 0 Å². The largest absolute Gasteiger partial charge is 0.314 e. The smallest absolute Gasteiger partial charge is 0.261 e. The molecule has 0 unspecified atom stereocenters. The minimum atomic E-state index is -0.178. The molecule has 4 aliphatic rings. The van der Waals surface area contributed by atoms with Crippen molar-refractivity contribution in [1.82, 2.24) is 20.4 Å². The van der Waals surface area contributed by atoms with Crippen LogP contribution in [-0.2, 0) is 0 Å². The van der Waals surface area contributed by atoms with Crippen molar-refractivity contribution in [3.63, 3.8) is 0 Å². The first-order chi connectivity index (χ1) is 25.0. The topological polar surface area (TPSA) is 98.8 Å². The maximum atomic E-state index is 13.2. The second kappa shape index (κ2) is 17.4. The highest BCUT2D eigenvalue weighted by atomic mass is 79.9. The zero-order valence-electron chi connectivity index (χ0n) is 30.2. The Hall–Kier alpha value is -3.44. The number of carbonyl (C=O) groups is 4. The Morgan fingerprint density at radius 2 is 0.792 bits per heavy atom. The number of hydrogen-bond acceptors (Lipinski definition) is 6. The van der Waals surface area contributed by atoms with Crippen LogP contribution in [-0.4, -0.2) is 71.7 Å². The molecule has 2 aliphatic heterocycles. The fourth-order valence-corrected chi connectivity index (χ4v) is 9.33. The molecule has 2 heterocycles. The van der Waals surface area contributed by atoms with Gasteiger partial charge in [0.25, 0.3) is 23.6 Å². The monoisotopic (exact) mass is 844 g/mol. The molecule has 2 N–H and O–H groups in total. The van der Waals surface area contributed by atoms with Gasteiger partial charge in [0, 0.05) is 58.2 Å². The summed E-state index contributed by atoms with van der Waals surface area (Å²) in [7, 11) is 0. The SMILES string of the molecule is Br.Br.O=C1c2cccc3cccc(c23)C(=O)N1CCCNC1CCC(CC2CCC(NCCCN3C(=O)c4cccc5cccc(c45)C3=O)CC2)CC1. The van der Waals surface area contributed by atoms with E-state index in [0.717, 1.165) is 59.3 Å². The van der Waals surface area contributed by atoms with E-state index >= 15 is 0 Å². The molecule has 280 valence electrons. The normalized spacial score (nSPS) is 22.6. The summed E-state index contributed by atoms with van der Waals surface area (Å²) in [6.07, 6.45) is 12.7. The fraction of sp³-hybridized carbons (Fsp3) is 0.442. The van der Waals surface area contributed by atoms with Crippen LogP contribution in [0, 0.1) is 11.8 Å². The minimum Gasteiger partial charge on any atom is -0.314 e. The number of carbonyl (C=O) groups excluding carboxylic acids is 4. The van der Waals surface area contributed by atoms with Crippen LogP contribution in [0.2, 0.25) is 0 Å². The maximum absolute atomic E-state index is 13.2. The summed E-state index contributed by atoms with van der Waals surface area (Å²) in [6, 6.07) is 23.8. The molecule has 10 heteroatoms. The van der Waals surface area contributed by atoms with Crippen LogP contribution < -0.4 is 10.6 Å². The van der Waals surface area contributed by atoms with Gasteiger partial charge in [0.2, 0.25) is 0 Å². The highest BCUT2D eigenvalue weighted by molar-refractivity contribution is 8.93. The Kier molecular flexibility index (Phi) is 12.9. The number of nitrogens with zero attached hydrogens (tertiary/aromatic N) is 2. The molecular formula is C43H50Br2N4O4. The van der Waals surface area contributed by atoms with E-state index in [1.165, 1.54) is 67.6 Å². The van der Waals surface area contributed by atoms with Gasteiger partial charge in [-0.05, 0) is 131 Å². The number of rotatable bonds is 12. The summed E-state index contributed by atoms with van der Waals surface area (Å²) in [5, 5.41) is 10.9. The molecule has 2 aliphatic carbocycles. The quantitative estimate of drug-likeness (QED) is 0.110. The molecule has 2 fully saturated rings. The molecule has 4 aromatic rings. The number of amides is 4. The predicted molar refractivity (Wildman–Crippen MR) is 221 cm³/mol. The highest BCUT2D eigenvalue weighted by Gasteiger charge is 2.34. The maximum Gasteiger partial charge on any atom is 0.261 e. The standard InChI is InChI=1S/C43H48N4O4.2BrH/c48-40-34-11-1-7-30-8-2-12-35(38(30)34)41(49)46(40)25-5-23-44-32-19-15-28(16-20-32)27-29-17-21-33(22-18-29)45-24-6-26-47-42(50)36-13-3-9-31-10-4-14-37(39(31)36)43(47)51;;/h1-4,7-14,28-29,32-33,44-45H,5-6,15-27H2;2*1H. The molecule has 4 aromatic carbocycles. The van der Waals surface area contributed by atoms with Crippen molar-refractivity contribution in [2.45, 2.75) is 82.7 Å². The predicted octanol–water partition coefficient (Wildman–Crippen LogP) is 8.51. The van der Waals surface area contributed by atoms with Gasteiger partial charge in [0.05, 0.1) is 0 Å². The Morgan fingerprint density at radius 1 is 0.472 bits per heavy atom. The Bertz CT molecular complexity index is 1740. The third-order valence-electron chi connectivity index (χ3n) is 12.1. The van der Waals surface area contributed by atoms with Gasteiger partial charge in [-0.15, -0.1) is 34.0 Å². The molecule has 0 aromatic heterocycles. The van der Waals surface area contributed by atoms with Crippen molar-refractivity contribution in [1.29, 1.82) is 0 Å². The van der Waals surface area contributed by atoms with E-state index in [2.05, 4.69) is 10.6 Å². The zero-order valence-corrected chi connectivity index (χ0v) is 33.6. The highest BCUT2D eigenvalue weighted by Crippen LogP contribution is 2.36. The van der Waals surface area contributed by atoms with Crippen molar-refractivity contribution < 1.29 is 19.2 Å². The van der Waals surface area contributed by atoms with E-state index in [1.54, 1.807) is 0 Å². The molecule has 0 bridgehead atoms. The van der Waals surface area contributed by atoms with E-state index in [1.807, 2.05) is 72.8 Å². The summed E-state index contributed by atoms with van der Waals surface area (Å²) in [5.41, 5.74) is 2.52. The molecule has 0 atom stereocenters. The third kappa shape index (κ3) is 8.02. The number of halogens is 2. The van der Waals surface area contributed by atoms with E-state index in [4.69, 9.17) is 0 Å². The lowest BCUT2D eigenvalue weighted by Crippen LogP contribution is -2.42. The van der Waals surface area contributed by atoms with E-state index in [-0.39, 0.29) is 57.6 Å². The molecular weight excluding hydrogens is 796 g/mol. The molecule has 2 saturated carbocycles. The second-order valence-corrected chi connectivity index (χ2v) is 15.2. The van der Waals surface area contributed by atoms with Gasteiger partial charge in [-0.1, -0.05) is 48.5 Å². The van der Waals surface area contributed by atoms with Gasteiger partial charge in [0.15, 0.2) is 0 Å². The fourth-order valence-electron chi connectivity index (χ4n) is 9.33. The molecule has 0 saturated heterocycles. The van der Waals surface area contributed by atoms with Crippen LogP contribution >= 0.6 is 34.0 Å². The van der Waals surface area contributed by atoms with Crippen LogP contribution in [0.3, 0.4) is 0 Å². The second-order valence-electron chi connectivity index (χ2n) is 15.2. The molecule has 0 spiro atoms. The molecule has 53 heavy (non-hydrogen) atoms. The van der Waals surface area contributed by atoms with Crippen molar-refractivity contribution >= 4 is 79.1 Å². The summed E-state index contributed by atoms with van der Waals surface area (Å²) < 4.78 is 0. The Labute approximate surface area is 333 Å². The average Bonchev–Trinajstić information content (AvgIpc) is 3.16. The summed E-state index contributed by atoms with van der Waals surface area (Å²) in [4.78, 5) is 55.6. The third-order valence-corrected chi connectivity index (χ3v) is 12.1. The van der Waals surface area contributed by atoms with Crippen molar-refractivity contribution in [2.75, 3.05) is 26.2 Å². The van der Waals surface area contributed by atoms with Crippen LogP contribution in [0.1, 0.15) is 112 Å². The van der Waals surface area contributed by atoms with Crippen molar-refractivity contribution in [3.8, 4) is 0 Å². The first-order valence-corrected chi connectivity index (χ1v) is 19.2. The first-order valence-electron chi connectivity index (χ1n) is 19.2. The lowest BCUT2D eigenvalue weighted by molar-refractivity contribution is 0.0593. The van der Waals surface area contributed by atoms with Crippen LogP contribution in [0.4, 0.5) is 0 Å². The molecule has 0 radical (unpaired) electrons. The summed E-state index contributed by atoms with van der Waals surface area (Å²) >= 11 is 0. The van der Waals surface area contributed by atoms with Gasteiger partial charge in [-0.25, -0.2) is 0 Å². The van der Waals surface area contributed by atoms with E-state index < -0.39 is 0 Å². The molecule has 8 rings (SSSR count). The lowest BCUT2D eigenvalue weighted by Gasteiger charge is -2.35. The zero-order chi connectivity index (χ0) is 34.9. The average molecular weight is 847 g/mol. The summed E-state index contributed by atoms with van der Waals surface area (Å²) in [5.74, 6) is 0.899. The van der Waals surface area contributed by atoms with Gasteiger partial charge >= 0.3 is 0 Å². The Balaban J connectivity index is 0.00000240. The lowest BCUT2D eigenvalue weighted by atomic mass is 9.75. The summed E-state index contributed by atoms with van der Waals surface area (Å²) in [6.45, 7) is 2.49. The number of hydrogen-bond donors (Lipinski definition) is 2. The first kappa shape index (κ1) is 39.3. The Morgan fingerprint density at radius 3 is 1.11 bits per heavy atom. The van der Waals surface area contributed by atoms with Gasteiger partial charge < -0.3 is 10.6 Å². The minimum absolute atomic E-state index is 0. The number of nitrogens with one attached hydrogen (secondary N) is 2. The number of benzene rings is 4. The van der Waals surface area contributed by atoms with Gasteiger partial charge in [-0.2, -0.15) is 0 Å². The van der Waals surface area contributed by atoms with E-state index in [9.17, 15) is 19.2 Å². The van der Waals surface area contributed by atoms with Crippen LogP contribution in [0.25, 0.3) is 21.5 Å². The van der Waals surface area contributed by atoms with Crippen molar-refractivity contribution in [2.24, 2.45) is 11.8 Å². The van der Waals surface area contributed by atoms with E-state index in [0.29, 0.717) is 47.4 Å².